The third-order valence-corrected chi connectivity index (χ3v) is 4.19. The van der Waals surface area contributed by atoms with Crippen LogP contribution in [-0.2, 0) is 9.47 Å². The Morgan fingerprint density at radius 1 is 1.14 bits per heavy atom. The first-order chi connectivity index (χ1) is 6.86. The summed E-state index contributed by atoms with van der Waals surface area (Å²) in [6.07, 6.45) is 8.27. The molecule has 1 aliphatic carbocycles. The Balaban J connectivity index is 1.65. The minimum Gasteiger partial charge on any atom is -0.376 e. The van der Waals surface area contributed by atoms with Crippen LogP contribution in [-0.4, -0.2) is 30.2 Å². The summed E-state index contributed by atoms with van der Waals surface area (Å²) in [6, 6.07) is 0. The fraction of sp³-hybridized carbons (Fsp3) is 1.00. The highest BCUT2D eigenvalue weighted by Crippen LogP contribution is 2.28. The highest BCUT2D eigenvalue weighted by molar-refractivity contribution is 9.09. The maximum atomic E-state index is 5.88. The van der Waals surface area contributed by atoms with Crippen molar-refractivity contribution in [2.24, 2.45) is 0 Å². The second-order valence-electron chi connectivity index (χ2n) is 4.31. The van der Waals surface area contributed by atoms with Crippen molar-refractivity contribution in [3.8, 4) is 0 Å². The van der Waals surface area contributed by atoms with Crippen molar-refractivity contribution in [1.82, 2.24) is 0 Å². The van der Waals surface area contributed by atoms with Gasteiger partial charge in [-0.05, 0) is 38.5 Å². The van der Waals surface area contributed by atoms with E-state index in [0.29, 0.717) is 17.0 Å². The summed E-state index contributed by atoms with van der Waals surface area (Å²) in [7, 11) is 0. The smallest absolute Gasteiger partial charge is 0.0808 e. The highest BCUT2D eigenvalue weighted by Gasteiger charge is 2.26. The minimum absolute atomic E-state index is 0.365. The molecule has 2 rings (SSSR count). The molecule has 0 N–H and O–H groups in total. The van der Waals surface area contributed by atoms with Crippen molar-refractivity contribution >= 4 is 15.9 Å². The number of halogens is 1. The quantitative estimate of drug-likeness (QED) is 0.729. The van der Waals surface area contributed by atoms with E-state index < -0.39 is 0 Å². The number of hydrogen-bond acceptors (Lipinski definition) is 2. The van der Waals surface area contributed by atoms with Gasteiger partial charge in [-0.15, -0.1) is 0 Å². The van der Waals surface area contributed by atoms with Gasteiger partial charge in [0.1, 0.15) is 0 Å². The average molecular weight is 263 g/mol. The van der Waals surface area contributed by atoms with Gasteiger partial charge in [0.15, 0.2) is 0 Å². The lowest BCUT2D eigenvalue weighted by molar-refractivity contribution is -0.0597. The van der Waals surface area contributed by atoms with Crippen LogP contribution in [0.4, 0.5) is 0 Å². The van der Waals surface area contributed by atoms with Crippen molar-refractivity contribution in [3.63, 3.8) is 0 Å². The minimum atomic E-state index is 0.365. The van der Waals surface area contributed by atoms with Gasteiger partial charge in [-0.1, -0.05) is 15.9 Å². The van der Waals surface area contributed by atoms with E-state index in [0.717, 1.165) is 13.2 Å². The summed E-state index contributed by atoms with van der Waals surface area (Å²) in [5.74, 6) is 0. The molecule has 1 saturated heterocycles. The topological polar surface area (TPSA) is 18.5 Å². The first kappa shape index (κ1) is 10.9. The molecular formula is C11H19BrO2. The van der Waals surface area contributed by atoms with Crippen molar-refractivity contribution in [1.29, 1.82) is 0 Å². The Morgan fingerprint density at radius 2 is 2.07 bits per heavy atom. The summed E-state index contributed by atoms with van der Waals surface area (Å²) in [5, 5.41) is 0. The maximum Gasteiger partial charge on any atom is 0.0808 e. The predicted octanol–water partition coefficient (Wildman–Crippen LogP) is 2.89. The molecule has 2 fully saturated rings. The lowest BCUT2D eigenvalue weighted by Crippen LogP contribution is -2.28. The van der Waals surface area contributed by atoms with Crippen molar-refractivity contribution in [3.05, 3.63) is 0 Å². The Labute approximate surface area is 94.5 Å². The Kier molecular flexibility index (Phi) is 4.26. The average Bonchev–Trinajstić information content (AvgIpc) is 2.63. The molecule has 82 valence electrons. The number of rotatable bonds is 3. The van der Waals surface area contributed by atoms with Gasteiger partial charge in [0.2, 0.25) is 0 Å². The molecule has 0 bridgehead atoms. The van der Waals surface area contributed by atoms with E-state index in [2.05, 4.69) is 15.9 Å². The van der Waals surface area contributed by atoms with Crippen LogP contribution in [0.2, 0.25) is 0 Å². The van der Waals surface area contributed by atoms with E-state index in [1.165, 1.54) is 38.5 Å². The normalized spacial score (nSPS) is 38.8. The number of alkyl halides is 1. The Morgan fingerprint density at radius 3 is 2.71 bits per heavy atom. The zero-order chi connectivity index (χ0) is 9.80. The van der Waals surface area contributed by atoms with Gasteiger partial charge in [-0.2, -0.15) is 0 Å². The van der Waals surface area contributed by atoms with Gasteiger partial charge >= 0.3 is 0 Å². The molecule has 1 aliphatic heterocycles. The zero-order valence-electron chi connectivity index (χ0n) is 8.58. The van der Waals surface area contributed by atoms with E-state index in [1.54, 1.807) is 0 Å². The van der Waals surface area contributed by atoms with Gasteiger partial charge in [0.05, 0.1) is 18.8 Å². The molecule has 3 heteroatoms. The van der Waals surface area contributed by atoms with Gasteiger partial charge in [-0.25, -0.2) is 0 Å². The monoisotopic (exact) mass is 262 g/mol. The fourth-order valence-corrected chi connectivity index (χ4v) is 2.98. The molecule has 3 atom stereocenters. The number of ether oxygens (including phenoxy) is 2. The lowest BCUT2D eigenvalue weighted by atomic mass is 10.1. The molecule has 14 heavy (non-hydrogen) atoms. The predicted molar refractivity (Wildman–Crippen MR) is 59.9 cm³/mol. The van der Waals surface area contributed by atoms with E-state index >= 15 is 0 Å². The van der Waals surface area contributed by atoms with Crippen LogP contribution in [0.1, 0.15) is 38.5 Å². The molecule has 0 amide bonds. The summed E-state index contributed by atoms with van der Waals surface area (Å²) in [5.41, 5.74) is 0. The molecule has 1 saturated carbocycles. The third kappa shape index (κ3) is 2.94. The van der Waals surface area contributed by atoms with Gasteiger partial charge in [-0.3, -0.25) is 0 Å². The van der Waals surface area contributed by atoms with Crippen molar-refractivity contribution < 1.29 is 9.47 Å². The van der Waals surface area contributed by atoms with Gasteiger partial charge in [0, 0.05) is 11.4 Å². The summed E-state index contributed by atoms with van der Waals surface area (Å²) in [4.78, 5) is 0.575. The zero-order valence-corrected chi connectivity index (χ0v) is 10.2. The third-order valence-electron chi connectivity index (χ3n) is 3.14. The SMILES string of the molecule is BrC1CCCC1OCC1CCCCO1. The molecule has 0 aromatic rings. The standard InChI is InChI=1S/C11H19BrO2/c12-10-5-3-6-11(10)14-8-9-4-1-2-7-13-9/h9-11H,1-8H2. The molecule has 0 aromatic carbocycles. The van der Waals surface area contributed by atoms with E-state index in [-0.39, 0.29) is 0 Å². The Hall–Kier alpha value is 0.400. The summed E-state index contributed by atoms with van der Waals surface area (Å²) in [6.45, 7) is 1.73. The molecule has 1 heterocycles. The first-order valence-electron chi connectivity index (χ1n) is 5.73. The Bertz CT molecular complexity index is 169. The lowest BCUT2D eigenvalue weighted by Gasteiger charge is -2.24. The van der Waals surface area contributed by atoms with E-state index in [1.807, 2.05) is 0 Å². The summed E-state index contributed by atoms with van der Waals surface area (Å²) >= 11 is 3.66. The summed E-state index contributed by atoms with van der Waals surface area (Å²) < 4.78 is 11.5. The molecule has 3 unspecified atom stereocenters. The van der Waals surface area contributed by atoms with Crippen LogP contribution in [0.3, 0.4) is 0 Å². The number of hydrogen-bond donors (Lipinski definition) is 0. The van der Waals surface area contributed by atoms with Crippen LogP contribution in [0.15, 0.2) is 0 Å². The van der Waals surface area contributed by atoms with Crippen LogP contribution < -0.4 is 0 Å². The molecule has 0 aromatic heterocycles. The van der Waals surface area contributed by atoms with E-state index in [9.17, 15) is 0 Å². The second-order valence-corrected chi connectivity index (χ2v) is 5.48. The van der Waals surface area contributed by atoms with Crippen LogP contribution in [0.25, 0.3) is 0 Å². The maximum absolute atomic E-state index is 5.88. The highest BCUT2D eigenvalue weighted by atomic mass is 79.9. The largest absolute Gasteiger partial charge is 0.376 e. The van der Waals surface area contributed by atoms with E-state index in [4.69, 9.17) is 9.47 Å². The van der Waals surface area contributed by atoms with Crippen LogP contribution >= 0.6 is 15.9 Å². The van der Waals surface area contributed by atoms with Gasteiger partial charge in [0.25, 0.3) is 0 Å². The molecule has 0 radical (unpaired) electrons. The molecule has 2 aliphatic rings. The first-order valence-corrected chi connectivity index (χ1v) is 6.65. The fourth-order valence-electron chi connectivity index (χ4n) is 2.24. The van der Waals surface area contributed by atoms with Crippen LogP contribution in [0.5, 0.6) is 0 Å². The second kappa shape index (κ2) is 5.47. The van der Waals surface area contributed by atoms with Crippen molar-refractivity contribution in [2.75, 3.05) is 13.2 Å². The molecule has 2 nitrogen and oxygen atoms in total. The van der Waals surface area contributed by atoms with Gasteiger partial charge < -0.3 is 9.47 Å². The van der Waals surface area contributed by atoms with Crippen LogP contribution in [0, 0.1) is 0 Å². The molecular weight excluding hydrogens is 244 g/mol. The van der Waals surface area contributed by atoms with Crippen molar-refractivity contribution in [2.45, 2.75) is 55.6 Å². The molecule has 0 spiro atoms.